The van der Waals surface area contributed by atoms with Gasteiger partial charge in [0.2, 0.25) is 0 Å². The molecular weight excluding hydrogens is 209 g/mol. The van der Waals surface area contributed by atoms with Gasteiger partial charge in [-0.3, -0.25) is 0 Å². The molecule has 2 aromatic rings. The molecule has 0 saturated carbocycles. The molecule has 6 heteroatoms. The van der Waals surface area contributed by atoms with E-state index >= 15 is 0 Å². The van der Waals surface area contributed by atoms with E-state index in [2.05, 4.69) is 0 Å². The predicted octanol–water partition coefficient (Wildman–Crippen LogP) is 0.859. The lowest BCUT2D eigenvalue weighted by Crippen LogP contribution is -2.31. The Bertz CT molecular complexity index is 483. The molecule has 0 unspecified atom stereocenters. The molecule has 2 nitrogen and oxygen atoms in total. The van der Waals surface area contributed by atoms with Gasteiger partial charge < -0.3 is 10.0 Å². The van der Waals surface area contributed by atoms with Crippen LogP contribution in [-0.4, -0.2) is 17.2 Å². The Balaban J connectivity index is 2.79. The second-order valence-corrected chi connectivity index (χ2v) is 3.81. The number of halogens is 2. The average molecular weight is 214 g/mol. The van der Waals surface area contributed by atoms with E-state index in [9.17, 15) is 8.78 Å². The molecular formula is C8H5BF2O2S. The quantitative estimate of drug-likeness (QED) is 0.691. The molecule has 0 radical (unpaired) electrons. The minimum Gasteiger partial charge on any atom is -0.423 e. The number of hydrogen-bond donors (Lipinski definition) is 2. The summed E-state index contributed by atoms with van der Waals surface area (Å²) in [6, 6.07) is 3.69. The first-order chi connectivity index (χ1) is 6.59. The van der Waals surface area contributed by atoms with E-state index in [0.717, 1.165) is 17.4 Å². The van der Waals surface area contributed by atoms with Gasteiger partial charge in [-0.1, -0.05) is 0 Å². The fraction of sp³-hybridized carbons (Fsp3) is 0. The van der Waals surface area contributed by atoms with Gasteiger partial charge in [-0.15, -0.1) is 11.3 Å². The Morgan fingerprint density at radius 3 is 2.57 bits per heavy atom. The van der Waals surface area contributed by atoms with Crippen molar-refractivity contribution in [3.05, 3.63) is 29.1 Å². The van der Waals surface area contributed by atoms with Gasteiger partial charge in [-0.25, -0.2) is 4.39 Å². The van der Waals surface area contributed by atoms with E-state index in [-0.39, 0.29) is 10.8 Å². The van der Waals surface area contributed by atoms with E-state index < -0.39 is 18.1 Å². The fourth-order valence-corrected chi connectivity index (χ4v) is 2.23. The number of fused-ring (bicyclic) bond motifs is 1. The maximum absolute atomic E-state index is 13.2. The standard InChI is InChI=1S/C8H5BF2O2S/c10-4-1-2-6-5(3-4)7(9(12)13)8(11)14-6/h1-3,12-13H. The topological polar surface area (TPSA) is 40.5 Å². The minimum atomic E-state index is -1.91. The van der Waals surface area contributed by atoms with Crippen molar-refractivity contribution in [2.45, 2.75) is 0 Å². The molecule has 2 rings (SSSR count). The fourth-order valence-electron chi connectivity index (χ4n) is 1.30. The number of benzene rings is 1. The van der Waals surface area contributed by atoms with Crippen LogP contribution in [0.1, 0.15) is 0 Å². The second-order valence-electron chi connectivity index (χ2n) is 2.80. The maximum Gasteiger partial charge on any atom is 0.493 e. The summed E-state index contributed by atoms with van der Waals surface area (Å²) in [6.07, 6.45) is 0. The van der Waals surface area contributed by atoms with Crippen molar-refractivity contribution in [1.82, 2.24) is 0 Å². The molecule has 2 N–H and O–H groups in total. The molecule has 0 bridgehead atoms. The van der Waals surface area contributed by atoms with Crippen LogP contribution in [0.3, 0.4) is 0 Å². The SMILES string of the molecule is OB(O)c1c(F)sc2ccc(F)cc12. The normalized spacial score (nSPS) is 10.9. The first-order valence-electron chi connectivity index (χ1n) is 3.83. The van der Waals surface area contributed by atoms with Gasteiger partial charge >= 0.3 is 7.12 Å². The van der Waals surface area contributed by atoms with Crippen molar-refractivity contribution in [3.8, 4) is 0 Å². The highest BCUT2D eigenvalue weighted by molar-refractivity contribution is 7.19. The monoisotopic (exact) mass is 214 g/mol. The van der Waals surface area contributed by atoms with Gasteiger partial charge in [0.15, 0.2) is 5.13 Å². The molecule has 1 aromatic heterocycles. The minimum absolute atomic E-state index is 0.211. The Morgan fingerprint density at radius 2 is 1.93 bits per heavy atom. The van der Waals surface area contributed by atoms with Crippen molar-refractivity contribution >= 4 is 34.0 Å². The molecule has 0 fully saturated rings. The van der Waals surface area contributed by atoms with Crippen LogP contribution in [0.5, 0.6) is 0 Å². The van der Waals surface area contributed by atoms with Crippen molar-refractivity contribution in [2.75, 3.05) is 0 Å². The van der Waals surface area contributed by atoms with Crippen LogP contribution >= 0.6 is 11.3 Å². The molecule has 1 heterocycles. The molecule has 0 saturated heterocycles. The Kier molecular flexibility index (Phi) is 2.26. The van der Waals surface area contributed by atoms with Gasteiger partial charge in [0.1, 0.15) is 5.82 Å². The van der Waals surface area contributed by atoms with E-state index in [4.69, 9.17) is 10.0 Å². The summed E-state index contributed by atoms with van der Waals surface area (Å²) < 4.78 is 26.5. The third-order valence-corrected chi connectivity index (χ3v) is 2.88. The van der Waals surface area contributed by atoms with Crippen LogP contribution in [0.2, 0.25) is 0 Å². The Hall–Kier alpha value is -0.975. The van der Waals surface area contributed by atoms with Crippen LogP contribution in [0.4, 0.5) is 8.78 Å². The van der Waals surface area contributed by atoms with E-state index in [1.165, 1.54) is 12.1 Å². The van der Waals surface area contributed by atoms with E-state index in [1.54, 1.807) is 0 Å². The van der Waals surface area contributed by atoms with E-state index in [0.29, 0.717) is 4.70 Å². The maximum atomic E-state index is 13.2. The van der Waals surface area contributed by atoms with Gasteiger partial charge in [-0.05, 0) is 23.6 Å². The highest BCUT2D eigenvalue weighted by atomic mass is 32.1. The third-order valence-electron chi connectivity index (χ3n) is 1.90. The number of thiophene rings is 1. The van der Waals surface area contributed by atoms with Crippen LogP contribution < -0.4 is 5.46 Å². The first-order valence-corrected chi connectivity index (χ1v) is 4.65. The lowest BCUT2D eigenvalue weighted by molar-refractivity contribution is 0.424. The lowest BCUT2D eigenvalue weighted by Gasteiger charge is -1.96. The molecule has 0 amide bonds. The van der Waals surface area contributed by atoms with Crippen LogP contribution in [-0.2, 0) is 0 Å². The van der Waals surface area contributed by atoms with Gasteiger partial charge in [0, 0.05) is 10.2 Å². The zero-order valence-corrected chi connectivity index (χ0v) is 7.68. The summed E-state index contributed by atoms with van der Waals surface area (Å²) in [4.78, 5) is 0. The van der Waals surface area contributed by atoms with Gasteiger partial charge in [-0.2, -0.15) is 4.39 Å². The summed E-state index contributed by atoms with van der Waals surface area (Å²) in [5, 5.41) is 17.3. The van der Waals surface area contributed by atoms with Gasteiger partial charge in [0.05, 0.1) is 0 Å². The van der Waals surface area contributed by atoms with Crippen molar-refractivity contribution in [3.63, 3.8) is 0 Å². The average Bonchev–Trinajstić information content (AvgIpc) is 2.40. The highest BCUT2D eigenvalue weighted by Crippen LogP contribution is 2.23. The number of rotatable bonds is 1. The van der Waals surface area contributed by atoms with Crippen LogP contribution in [0, 0.1) is 10.9 Å². The zero-order valence-electron chi connectivity index (χ0n) is 6.87. The lowest BCUT2D eigenvalue weighted by atomic mass is 9.80. The summed E-state index contributed by atoms with van der Waals surface area (Å²) in [6.45, 7) is 0. The summed E-state index contributed by atoms with van der Waals surface area (Å²) >= 11 is 0.762. The Morgan fingerprint density at radius 1 is 1.21 bits per heavy atom. The van der Waals surface area contributed by atoms with Crippen molar-refractivity contribution < 1.29 is 18.8 Å². The molecule has 0 aliphatic carbocycles. The largest absolute Gasteiger partial charge is 0.493 e. The van der Waals surface area contributed by atoms with Crippen LogP contribution in [0.15, 0.2) is 18.2 Å². The van der Waals surface area contributed by atoms with Gasteiger partial charge in [0.25, 0.3) is 0 Å². The number of hydrogen-bond acceptors (Lipinski definition) is 3. The first kappa shape index (κ1) is 9.58. The summed E-state index contributed by atoms with van der Waals surface area (Å²) in [5.41, 5.74) is -0.260. The Labute approximate surface area is 82.6 Å². The second kappa shape index (κ2) is 3.31. The predicted molar refractivity (Wildman–Crippen MR) is 51.6 cm³/mol. The molecule has 0 atom stereocenters. The summed E-state index contributed by atoms with van der Waals surface area (Å²) in [5.74, 6) is -0.530. The molecule has 0 spiro atoms. The molecule has 0 aliphatic heterocycles. The molecule has 0 aliphatic rings. The van der Waals surface area contributed by atoms with Crippen molar-refractivity contribution in [1.29, 1.82) is 0 Å². The van der Waals surface area contributed by atoms with E-state index in [1.807, 2.05) is 0 Å². The van der Waals surface area contributed by atoms with Crippen molar-refractivity contribution in [2.24, 2.45) is 0 Å². The van der Waals surface area contributed by atoms with Crippen LogP contribution in [0.25, 0.3) is 10.1 Å². The highest BCUT2D eigenvalue weighted by Gasteiger charge is 2.22. The molecule has 14 heavy (non-hydrogen) atoms. The molecule has 1 aromatic carbocycles. The summed E-state index contributed by atoms with van der Waals surface area (Å²) in [7, 11) is -1.91. The third kappa shape index (κ3) is 1.41. The molecule has 72 valence electrons. The zero-order chi connectivity index (χ0) is 10.3. The smallest absolute Gasteiger partial charge is 0.423 e.